The van der Waals surface area contributed by atoms with Gasteiger partial charge in [0.1, 0.15) is 5.75 Å². The van der Waals surface area contributed by atoms with Crippen LogP contribution < -0.4 is 10.5 Å². The SMILES string of the molecule is COc1ccc(Br)c(CN(C)CC(C)(C)N)c1. The quantitative estimate of drug-likeness (QED) is 0.908. The van der Waals surface area contributed by atoms with Crippen molar-refractivity contribution < 1.29 is 4.74 Å². The van der Waals surface area contributed by atoms with Crippen molar-refractivity contribution >= 4 is 15.9 Å². The van der Waals surface area contributed by atoms with Gasteiger partial charge in [0.15, 0.2) is 0 Å². The number of hydrogen-bond acceptors (Lipinski definition) is 3. The first-order chi connectivity index (χ1) is 7.81. The second kappa shape index (κ2) is 5.85. The zero-order valence-electron chi connectivity index (χ0n) is 11.0. The molecule has 0 atom stereocenters. The van der Waals surface area contributed by atoms with Gasteiger partial charge in [0.25, 0.3) is 0 Å². The molecule has 0 aromatic heterocycles. The molecule has 17 heavy (non-hydrogen) atoms. The fourth-order valence-electron chi connectivity index (χ4n) is 1.84. The lowest BCUT2D eigenvalue weighted by Gasteiger charge is -2.26. The maximum absolute atomic E-state index is 6.01. The van der Waals surface area contributed by atoms with Gasteiger partial charge in [0.05, 0.1) is 7.11 Å². The summed E-state index contributed by atoms with van der Waals surface area (Å²) in [5, 5.41) is 0. The Morgan fingerprint density at radius 3 is 2.59 bits per heavy atom. The summed E-state index contributed by atoms with van der Waals surface area (Å²) in [6.45, 7) is 5.75. The Morgan fingerprint density at radius 2 is 2.06 bits per heavy atom. The average molecular weight is 301 g/mol. The van der Waals surface area contributed by atoms with E-state index in [-0.39, 0.29) is 5.54 Å². The number of rotatable bonds is 5. The second-order valence-corrected chi connectivity index (χ2v) is 5.97. The number of hydrogen-bond donors (Lipinski definition) is 1. The first-order valence-corrected chi connectivity index (χ1v) is 6.41. The fraction of sp³-hybridized carbons (Fsp3) is 0.538. The van der Waals surface area contributed by atoms with Crippen LogP contribution in [0, 0.1) is 0 Å². The Kier molecular flexibility index (Phi) is 4.98. The Labute approximate surface area is 112 Å². The van der Waals surface area contributed by atoms with Crippen LogP contribution in [0.2, 0.25) is 0 Å². The molecule has 96 valence electrons. The highest BCUT2D eigenvalue weighted by atomic mass is 79.9. The van der Waals surface area contributed by atoms with Crippen LogP contribution in [0.15, 0.2) is 22.7 Å². The van der Waals surface area contributed by atoms with E-state index in [1.807, 2.05) is 32.0 Å². The predicted octanol–water partition coefficient (Wildman–Crippen LogP) is 2.63. The molecule has 0 aliphatic heterocycles. The predicted molar refractivity (Wildman–Crippen MR) is 75.3 cm³/mol. The largest absolute Gasteiger partial charge is 0.497 e. The molecule has 0 bridgehead atoms. The summed E-state index contributed by atoms with van der Waals surface area (Å²) < 4.78 is 6.33. The lowest BCUT2D eigenvalue weighted by Crippen LogP contribution is -2.43. The monoisotopic (exact) mass is 300 g/mol. The van der Waals surface area contributed by atoms with E-state index in [4.69, 9.17) is 10.5 Å². The Balaban J connectivity index is 2.73. The van der Waals surface area contributed by atoms with E-state index in [9.17, 15) is 0 Å². The molecule has 3 nitrogen and oxygen atoms in total. The number of benzene rings is 1. The van der Waals surface area contributed by atoms with Crippen LogP contribution in [0.25, 0.3) is 0 Å². The minimum atomic E-state index is -0.180. The molecular weight excluding hydrogens is 280 g/mol. The fourth-order valence-corrected chi connectivity index (χ4v) is 2.21. The molecular formula is C13H21BrN2O. The molecule has 1 aromatic rings. The minimum Gasteiger partial charge on any atom is -0.497 e. The van der Waals surface area contributed by atoms with Crippen LogP contribution in [0.4, 0.5) is 0 Å². The molecule has 4 heteroatoms. The number of methoxy groups -OCH3 is 1. The lowest BCUT2D eigenvalue weighted by atomic mass is 10.1. The Hall–Kier alpha value is -0.580. The van der Waals surface area contributed by atoms with Gasteiger partial charge in [0, 0.05) is 23.1 Å². The molecule has 0 radical (unpaired) electrons. The van der Waals surface area contributed by atoms with Crippen molar-refractivity contribution in [2.75, 3.05) is 20.7 Å². The highest BCUT2D eigenvalue weighted by molar-refractivity contribution is 9.10. The summed E-state index contributed by atoms with van der Waals surface area (Å²) in [6, 6.07) is 6.00. The van der Waals surface area contributed by atoms with Crippen LogP contribution >= 0.6 is 15.9 Å². The van der Waals surface area contributed by atoms with Crippen LogP contribution in [-0.2, 0) is 6.54 Å². The minimum absolute atomic E-state index is 0.180. The average Bonchev–Trinajstić information content (AvgIpc) is 2.18. The van der Waals surface area contributed by atoms with Crippen molar-refractivity contribution in [2.24, 2.45) is 5.73 Å². The Bertz CT molecular complexity index is 374. The molecule has 1 aromatic carbocycles. The standard InChI is InChI=1S/C13H21BrN2O/c1-13(2,15)9-16(3)8-10-7-11(17-4)5-6-12(10)14/h5-7H,8-9,15H2,1-4H3. The summed E-state index contributed by atoms with van der Waals surface area (Å²) in [5.41, 5.74) is 7.03. The number of likely N-dealkylation sites (N-methyl/N-ethyl adjacent to an activating group) is 1. The normalized spacial score (nSPS) is 11.9. The molecule has 0 spiro atoms. The third kappa shape index (κ3) is 5.06. The van der Waals surface area contributed by atoms with Crippen LogP contribution in [-0.4, -0.2) is 31.1 Å². The maximum Gasteiger partial charge on any atom is 0.119 e. The summed E-state index contributed by atoms with van der Waals surface area (Å²) in [5.74, 6) is 0.878. The molecule has 2 N–H and O–H groups in total. The molecule has 0 heterocycles. The summed E-state index contributed by atoms with van der Waals surface area (Å²) in [6.07, 6.45) is 0. The summed E-state index contributed by atoms with van der Waals surface area (Å²) >= 11 is 3.55. The van der Waals surface area contributed by atoms with E-state index in [0.717, 1.165) is 23.3 Å². The van der Waals surface area contributed by atoms with Gasteiger partial charge >= 0.3 is 0 Å². The van der Waals surface area contributed by atoms with E-state index in [2.05, 4.69) is 27.9 Å². The third-order valence-corrected chi connectivity index (χ3v) is 3.14. The van der Waals surface area contributed by atoms with Gasteiger partial charge in [-0.05, 0) is 44.7 Å². The first kappa shape index (κ1) is 14.5. The molecule has 0 aliphatic rings. The third-order valence-electron chi connectivity index (χ3n) is 2.37. The molecule has 0 unspecified atom stereocenters. The first-order valence-electron chi connectivity index (χ1n) is 5.61. The van der Waals surface area contributed by atoms with E-state index < -0.39 is 0 Å². The summed E-state index contributed by atoms with van der Waals surface area (Å²) in [7, 11) is 3.75. The lowest BCUT2D eigenvalue weighted by molar-refractivity contribution is 0.262. The van der Waals surface area contributed by atoms with E-state index in [0.29, 0.717) is 0 Å². The maximum atomic E-state index is 6.01. The number of nitrogens with two attached hydrogens (primary N) is 1. The van der Waals surface area contributed by atoms with Crippen molar-refractivity contribution in [3.05, 3.63) is 28.2 Å². The van der Waals surface area contributed by atoms with Gasteiger partial charge in [0.2, 0.25) is 0 Å². The van der Waals surface area contributed by atoms with Crippen molar-refractivity contribution in [2.45, 2.75) is 25.9 Å². The molecule has 0 fully saturated rings. The van der Waals surface area contributed by atoms with E-state index in [1.54, 1.807) is 7.11 Å². The zero-order chi connectivity index (χ0) is 13.1. The van der Waals surface area contributed by atoms with Crippen molar-refractivity contribution in [3.8, 4) is 5.75 Å². The Morgan fingerprint density at radius 1 is 1.41 bits per heavy atom. The van der Waals surface area contributed by atoms with Crippen molar-refractivity contribution in [1.29, 1.82) is 0 Å². The highest BCUT2D eigenvalue weighted by Gasteiger charge is 2.15. The molecule has 0 saturated heterocycles. The summed E-state index contributed by atoms with van der Waals surface area (Å²) in [4.78, 5) is 2.21. The second-order valence-electron chi connectivity index (χ2n) is 5.12. The van der Waals surface area contributed by atoms with Crippen LogP contribution in [0.1, 0.15) is 19.4 Å². The van der Waals surface area contributed by atoms with Gasteiger partial charge in [-0.2, -0.15) is 0 Å². The number of halogens is 1. The smallest absolute Gasteiger partial charge is 0.119 e. The van der Waals surface area contributed by atoms with Gasteiger partial charge in [-0.1, -0.05) is 15.9 Å². The molecule has 0 aliphatic carbocycles. The highest BCUT2D eigenvalue weighted by Crippen LogP contribution is 2.23. The van der Waals surface area contributed by atoms with Crippen LogP contribution in [0.5, 0.6) is 5.75 Å². The number of nitrogens with zero attached hydrogens (tertiary/aromatic N) is 1. The van der Waals surface area contributed by atoms with Gasteiger partial charge in [-0.15, -0.1) is 0 Å². The molecule has 0 amide bonds. The van der Waals surface area contributed by atoms with Crippen molar-refractivity contribution in [3.63, 3.8) is 0 Å². The van der Waals surface area contributed by atoms with Crippen LogP contribution in [0.3, 0.4) is 0 Å². The van der Waals surface area contributed by atoms with Gasteiger partial charge in [-0.3, -0.25) is 0 Å². The van der Waals surface area contributed by atoms with E-state index in [1.165, 1.54) is 5.56 Å². The van der Waals surface area contributed by atoms with Gasteiger partial charge in [-0.25, -0.2) is 0 Å². The number of ether oxygens (including phenoxy) is 1. The topological polar surface area (TPSA) is 38.5 Å². The molecule has 1 rings (SSSR count). The van der Waals surface area contributed by atoms with E-state index >= 15 is 0 Å². The van der Waals surface area contributed by atoms with Gasteiger partial charge < -0.3 is 15.4 Å². The van der Waals surface area contributed by atoms with Crippen molar-refractivity contribution in [1.82, 2.24) is 4.90 Å². The zero-order valence-corrected chi connectivity index (χ0v) is 12.5. The molecule has 0 saturated carbocycles.